The number of hydrogen-bond donors (Lipinski definition) is 1. The Balaban J connectivity index is 2.30. The monoisotopic (exact) mass is 243 g/mol. The summed E-state index contributed by atoms with van der Waals surface area (Å²) in [6.45, 7) is 6.87. The molecule has 98 valence electrons. The van der Waals surface area contributed by atoms with Crippen molar-refractivity contribution in [3.63, 3.8) is 0 Å². The van der Waals surface area contributed by atoms with Gasteiger partial charge in [-0.25, -0.2) is 0 Å². The Bertz CT molecular complexity index is 493. The number of unbranched alkanes of at least 4 members (excludes halogenated alkanes) is 2. The van der Waals surface area contributed by atoms with Crippen LogP contribution >= 0.6 is 0 Å². The smallest absolute Gasteiger partial charge is 0.0458 e. The number of hydrogen-bond acceptors (Lipinski definition) is 0. The van der Waals surface area contributed by atoms with Gasteiger partial charge in [0.15, 0.2) is 0 Å². The summed E-state index contributed by atoms with van der Waals surface area (Å²) in [5.74, 6) is 0.717. The van der Waals surface area contributed by atoms with Gasteiger partial charge < -0.3 is 4.98 Å². The summed E-state index contributed by atoms with van der Waals surface area (Å²) in [6, 6.07) is 8.72. The topological polar surface area (TPSA) is 15.8 Å². The van der Waals surface area contributed by atoms with Gasteiger partial charge in [-0.1, -0.05) is 51.8 Å². The van der Waals surface area contributed by atoms with E-state index < -0.39 is 0 Å². The maximum Gasteiger partial charge on any atom is 0.0458 e. The molecule has 1 nitrogen and oxygen atoms in total. The standard InChI is InChI=1S/C17H25N/c1-4-5-6-10-17-15(12-13(2)3)14-9-7-8-11-16(14)18-17/h7-9,11,13,18H,4-6,10,12H2,1-3H3. The van der Waals surface area contributed by atoms with Crippen molar-refractivity contribution in [2.75, 3.05) is 0 Å². The van der Waals surface area contributed by atoms with Gasteiger partial charge in [0, 0.05) is 16.6 Å². The predicted molar refractivity (Wildman–Crippen MR) is 80.1 cm³/mol. The third kappa shape index (κ3) is 2.95. The lowest BCUT2D eigenvalue weighted by molar-refractivity contribution is 0.638. The largest absolute Gasteiger partial charge is 0.358 e. The average Bonchev–Trinajstić information content (AvgIpc) is 2.68. The van der Waals surface area contributed by atoms with Gasteiger partial charge in [-0.15, -0.1) is 0 Å². The molecule has 0 aliphatic carbocycles. The molecule has 0 atom stereocenters. The van der Waals surface area contributed by atoms with Gasteiger partial charge in [-0.2, -0.15) is 0 Å². The van der Waals surface area contributed by atoms with Crippen LogP contribution in [-0.4, -0.2) is 4.98 Å². The van der Waals surface area contributed by atoms with Crippen LogP contribution in [0.25, 0.3) is 10.9 Å². The lowest BCUT2D eigenvalue weighted by Gasteiger charge is -2.07. The highest BCUT2D eigenvalue weighted by Crippen LogP contribution is 2.26. The molecule has 0 spiro atoms. The Hall–Kier alpha value is -1.24. The molecule has 0 fully saturated rings. The molecular weight excluding hydrogens is 218 g/mol. The Kier molecular flexibility index (Phi) is 4.46. The quantitative estimate of drug-likeness (QED) is 0.679. The highest BCUT2D eigenvalue weighted by atomic mass is 14.7. The number of nitrogens with one attached hydrogen (secondary N) is 1. The van der Waals surface area contributed by atoms with E-state index in [1.54, 1.807) is 5.56 Å². The first-order chi connectivity index (χ1) is 8.72. The first kappa shape index (κ1) is 13.2. The van der Waals surface area contributed by atoms with Gasteiger partial charge >= 0.3 is 0 Å². The van der Waals surface area contributed by atoms with E-state index in [0.717, 1.165) is 0 Å². The lowest BCUT2D eigenvalue weighted by atomic mass is 9.98. The van der Waals surface area contributed by atoms with E-state index in [1.807, 2.05) is 0 Å². The Morgan fingerprint density at radius 2 is 1.89 bits per heavy atom. The van der Waals surface area contributed by atoms with E-state index in [1.165, 1.54) is 48.7 Å². The van der Waals surface area contributed by atoms with E-state index in [-0.39, 0.29) is 0 Å². The van der Waals surface area contributed by atoms with Gasteiger partial charge in [-0.05, 0) is 36.8 Å². The number of H-pyrrole nitrogens is 1. The van der Waals surface area contributed by atoms with Crippen molar-refractivity contribution in [2.24, 2.45) is 5.92 Å². The first-order valence-electron chi connectivity index (χ1n) is 7.30. The third-order valence-corrected chi connectivity index (χ3v) is 3.54. The minimum absolute atomic E-state index is 0.717. The van der Waals surface area contributed by atoms with Crippen molar-refractivity contribution < 1.29 is 0 Å². The van der Waals surface area contributed by atoms with Crippen molar-refractivity contribution in [3.8, 4) is 0 Å². The summed E-state index contributed by atoms with van der Waals surface area (Å²) >= 11 is 0. The van der Waals surface area contributed by atoms with E-state index >= 15 is 0 Å². The molecule has 0 saturated heterocycles. The zero-order valence-electron chi connectivity index (χ0n) is 11.9. The molecule has 0 bridgehead atoms. The van der Waals surface area contributed by atoms with Crippen LogP contribution in [0, 0.1) is 5.92 Å². The second-order valence-electron chi connectivity index (χ2n) is 5.68. The van der Waals surface area contributed by atoms with Gasteiger partial charge in [0.1, 0.15) is 0 Å². The highest BCUT2D eigenvalue weighted by molar-refractivity contribution is 5.84. The van der Waals surface area contributed by atoms with Crippen molar-refractivity contribution in [3.05, 3.63) is 35.5 Å². The normalized spacial score (nSPS) is 11.6. The molecule has 0 aliphatic heterocycles. The maximum atomic E-state index is 3.63. The van der Waals surface area contributed by atoms with Crippen LogP contribution in [0.3, 0.4) is 0 Å². The van der Waals surface area contributed by atoms with E-state index in [0.29, 0.717) is 5.92 Å². The first-order valence-corrected chi connectivity index (χ1v) is 7.30. The zero-order valence-corrected chi connectivity index (χ0v) is 11.9. The van der Waals surface area contributed by atoms with Crippen molar-refractivity contribution in [1.29, 1.82) is 0 Å². The van der Waals surface area contributed by atoms with E-state index in [9.17, 15) is 0 Å². The van der Waals surface area contributed by atoms with Crippen LogP contribution in [0.1, 0.15) is 51.3 Å². The minimum atomic E-state index is 0.717. The van der Waals surface area contributed by atoms with Crippen LogP contribution in [0.5, 0.6) is 0 Å². The molecule has 1 aromatic heterocycles. The van der Waals surface area contributed by atoms with Gasteiger partial charge in [0.2, 0.25) is 0 Å². The third-order valence-electron chi connectivity index (χ3n) is 3.54. The molecule has 18 heavy (non-hydrogen) atoms. The van der Waals surface area contributed by atoms with Gasteiger partial charge in [-0.3, -0.25) is 0 Å². The summed E-state index contributed by atoms with van der Waals surface area (Å²) in [6.07, 6.45) is 6.31. The number of fused-ring (bicyclic) bond motifs is 1. The fraction of sp³-hybridized carbons (Fsp3) is 0.529. The molecule has 0 amide bonds. The number of rotatable bonds is 6. The maximum absolute atomic E-state index is 3.63. The van der Waals surface area contributed by atoms with Crippen molar-refractivity contribution >= 4 is 10.9 Å². The Labute approximate surface area is 111 Å². The Morgan fingerprint density at radius 1 is 1.11 bits per heavy atom. The molecule has 2 rings (SSSR count). The van der Waals surface area contributed by atoms with E-state index in [2.05, 4.69) is 50.0 Å². The highest BCUT2D eigenvalue weighted by Gasteiger charge is 2.11. The lowest BCUT2D eigenvalue weighted by Crippen LogP contribution is -1.98. The second kappa shape index (κ2) is 6.08. The molecular formula is C17H25N. The van der Waals surface area contributed by atoms with Crippen LogP contribution in [0.15, 0.2) is 24.3 Å². The summed E-state index contributed by atoms with van der Waals surface area (Å²) in [5, 5.41) is 1.43. The molecule has 0 aliphatic rings. The van der Waals surface area contributed by atoms with Crippen molar-refractivity contribution in [2.45, 2.75) is 52.9 Å². The van der Waals surface area contributed by atoms with Gasteiger partial charge in [0.05, 0.1) is 0 Å². The van der Waals surface area contributed by atoms with Crippen LogP contribution in [0.4, 0.5) is 0 Å². The molecule has 0 unspecified atom stereocenters. The van der Waals surface area contributed by atoms with Gasteiger partial charge in [0.25, 0.3) is 0 Å². The number of aromatic nitrogens is 1. The molecule has 2 aromatic rings. The fourth-order valence-electron chi connectivity index (χ4n) is 2.66. The number of aromatic amines is 1. The number of aryl methyl sites for hydroxylation is 1. The van der Waals surface area contributed by atoms with E-state index in [4.69, 9.17) is 0 Å². The van der Waals surface area contributed by atoms with Crippen LogP contribution in [0.2, 0.25) is 0 Å². The molecule has 1 aromatic carbocycles. The predicted octanol–water partition coefficient (Wildman–Crippen LogP) is 5.10. The van der Waals surface area contributed by atoms with Crippen LogP contribution < -0.4 is 0 Å². The molecule has 1 heteroatoms. The summed E-state index contributed by atoms with van der Waals surface area (Å²) < 4.78 is 0. The summed E-state index contributed by atoms with van der Waals surface area (Å²) in [5.41, 5.74) is 4.33. The minimum Gasteiger partial charge on any atom is -0.358 e. The summed E-state index contributed by atoms with van der Waals surface area (Å²) in [7, 11) is 0. The molecule has 0 radical (unpaired) electrons. The Morgan fingerprint density at radius 3 is 2.61 bits per heavy atom. The molecule has 1 heterocycles. The zero-order chi connectivity index (χ0) is 13.0. The second-order valence-corrected chi connectivity index (χ2v) is 5.68. The molecule has 0 saturated carbocycles. The number of benzene rings is 1. The summed E-state index contributed by atoms with van der Waals surface area (Å²) in [4.78, 5) is 3.63. The SMILES string of the molecule is CCCCCc1[nH]c2ccccc2c1CC(C)C. The average molecular weight is 243 g/mol. The van der Waals surface area contributed by atoms with Crippen LogP contribution in [-0.2, 0) is 12.8 Å². The number of para-hydroxylation sites is 1. The van der Waals surface area contributed by atoms with Crippen molar-refractivity contribution in [1.82, 2.24) is 4.98 Å². The molecule has 1 N–H and O–H groups in total. The fourth-order valence-corrected chi connectivity index (χ4v) is 2.66.